The Hall–Kier alpha value is -4.74. The summed E-state index contributed by atoms with van der Waals surface area (Å²) in [6.45, 7) is 0. The highest BCUT2D eigenvalue weighted by atomic mass is 16.5. The quantitative estimate of drug-likeness (QED) is 0.106. The zero-order valence-electron chi connectivity index (χ0n) is 20.0. The standard InChI is InChI=1S/C26H25N5O6/c1-36-17-11-7-15(8-12-17)21(26(35)19-5-3-4-6-20(19)28-25(26)34)22(30-31-24(33)23(32)29-27)16-9-13-18(37-2)14-10-16/h3-14,21,35H,27H2,1-2H3,(H,28,34)(H,29,32)(H,31,33)/b30-22-/t21-,26-/m1/s1. The van der Waals surface area contributed by atoms with Gasteiger partial charge in [-0.2, -0.15) is 5.10 Å². The van der Waals surface area contributed by atoms with Crippen LogP contribution in [-0.4, -0.2) is 42.8 Å². The Labute approximate surface area is 212 Å². The van der Waals surface area contributed by atoms with E-state index < -0.39 is 29.2 Å². The van der Waals surface area contributed by atoms with Crippen LogP contribution in [0.1, 0.15) is 22.6 Å². The van der Waals surface area contributed by atoms with Crippen LogP contribution in [0.25, 0.3) is 0 Å². The fourth-order valence-electron chi connectivity index (χ4n) is 4.23. The van der Waals surface area contributed by atoms with E-state index in [1.807, 2.05) is 0 Å². The first-order chi connectivity index (χ1) is 17.8. The van der Waals surface area contributed by atoms with E-state index in [0.29, 0.717) is 33.9 Å². The lowest BCUT2D eigenvalue weighted by molar-refractivity contribution is -0.139. The fraction of sp³-hybridized carbons (Fsp3) is 0.154. The summed E-state index contributed by atoms with van der Waals surface area (Å²) >= 11 is 0. The van der Waals surface area contributed by atoms with Gasteiger partial charge >= 0.3 is 11.8 Å². The largest absolute Gasteiger partial charge is 0.497 e. The first-order valence-corrected chi connectivity index (χ1v) is 11.1. The number of aliphatic hydroxyl groups is 1. The molecule has 4 rings (SSSR count). The molecule has 3 aromatic rings. The number of para-hydroxylation sites is 1. The summed E-state index contributed by atoms with van der Waals surface area (Å²) in [5, 5.41) is 19.1. The van der Waals surface area contributed by atoms with Gasteiger partial charge in [0.15, 0.2) is 5.60 Å². The van der Waals surface area contributed by atoms with Gasteiger partial charge in [-0.25, -0.2) is 11.3 Å². The van der Waals surface area contributed by atoms with Gasteiger partial charge in [-0.05, 0) is 53.6 Å². The Morgan fingerprint density at radius 1 is 0.946 bits per heavy atom. The van der Waals surface area contributed by atoms with Gasteiger partial charge in [0, 0.05) is 11.3 Å². The minimum atomic E-state index is -2.13. The SMILES string of the molecule is COc1ccc(/C(=N/NC(=O)C(=O)NN)[C@@H](c2ccc(OC)cc2)[C@@]2(O)C(=O)Nc3ccccc32)cc1. The van der Waals surface area contributed by atoms with Gasteiger partial charge in [0.25, 0.3) is 5.91 Å². The number of amides is 3. The van der Waals surface area contributed by atoms with Crippen LogP contribution in [-0.2, 0) is 20.0 Å². The van der Waals surface area contributed by atoms with Crippen molar-refractivity contribution in [2.24, 2.45) is 10.9 Å². The molecule has 0 radical (unpaired) electrons. The highest BCUT2D eigenvalue weighted by Crippen LogP contribution is 2.47. The van der Waals surface area contributed by atoms with E-state index in [2.05, 4.69) is 15.8 Å². The zero-order valence-corrected chi connectivity index (χ0v) is 20.0. The van der Waals surface area contributed by atoms with E-state index in [0.717, 1.165) is 0 Å². The van der Waals surface area contributed by atoms with Crippen LogP contribution in [0.3, 0.4) is 0 Å². The molecule has 190 valence electrons. The van der Waals surface area contributed by atoms with E-state index >= 15 is 0 Å². The summed E-state index contributed by atoms with van der Waals surface area (Å²) in [4.78, 5) is 37.3. The number of hydrazone groups is 1. The lowest BCUT2D eigenvalue weighted by atomic mass is 9.73. The lowest BCUT2D eigenvalue weighted by Crippen LogP contribution is -2.45. The maximum atomic E-state index is 13.4. The monoisotopic (exact) mass is 503 g/mol. The molecule has 6 N–H and O–H groups in total. The van der Waals surface area contributed by atoms with Crippen LogP contribution in [0.15, 0.2) is 77.9 Å². The number of ether oxygens (including phenoxy) is 2. The van der Waals surface area contributed by atoms with E-state index in [9.17, 15) is 19.5 Å². The van der Waals surface area contributed by atoms with Gasteiger partial charge in [-0.15, -0.1) is 0 Å². The molecule has 1 aliphatic rings. The molecular formula is C26H25N5O6. The lowest BCUT2D eigenvalue weighted by Gasteiger charge is -2.33. The number of hydrogen-bond acceptors (Lipinski definition) is 8. The van der Waals surface area contributed by atoms with Crippen molar-refractivity contribution in [1.82, 2.24) is 10.9 Å². The molecule has 0 saturated carbocycles. The van der Waals surface area contributed by atoms with Gasteiger partial charge in [-0.1, -0.05) is 30.3 Å². The average Bonchev–Trinajstić information content (AvgIpc) is 3.20. The zero-order chi connectivity index (χ0) is 26.6. The molecule has 37 heavy (non-hydrogen) atoms. The van der Waals surface area contributed by atoms with Crippen molar-refractivity contribution in [2.75, 3.05) is 19.5 Å². The van der Waals surface area contributed by atoms with Gasteiger partial charge < -0.3 is 19.9 Å². The highest BCUT2D eigenvalue weighted by Gasteiger charge is 2.54. The molecule has 3 aromatic carbocycles. The number of benzene rings is 3. The van der Waals surface area contributed by atoms with E-state index in [1.165, 1.54) is 14.2 Å². The van der Waals surface area contributed by atoms with Crippen molar-refractivity contribution in [3.05, 3.63) is 89.5 Å². The van der Waals surface area contributed by atoms with Crippen LogP contribution >= 0.6 is 0 Å². The molecule has 0 saturated heterocycles. The van der Waals surface area contributed by atoms with E-state index in [1.54, 1.807) is 78.2 Å². The smallest absolute Gasteiger partial charge is 0.330 e. The summed E-state index contributed by atoms with van der Waals surface area (Å²) in [6.07, 6.45) is 0. The van der Waals surface area contributed by atoms with Crippen molar-refractivity contribution in [3.63, 3.8) is 0 Å². The van der Waals surface area contributed by atoms with Crippen molar-refractivity contribution in [1.29, 1.82) is 0 Å². The van der Waals surface area contributed by atoms with Crippen LogP contribution in [0.4, 0.5) is 5.69 Å². The number of methoxy groups -OCH3 is 2. The number of hydrazine groups is 1. The molecule has 1 heterocycles. The molecule has 0 aliphatic carbocycles. The Kier molecular flexibility index (Phi) is 7.18. The molecular weight excluding hydrogens is 478 g/mol. The van der Waals surface area contributed by atoms with Crippen LogP contribution in [0.5, 0.6) is 11.5 Å². The molecule has 0 bridgehead atoms. The Bertz CT molecular complexity index is 1360. The summed E-state index contributed by atoms with van der Waals surface area (Å²) in [5.74, 6) is 2.10. The summed E-state index contributed by atoms with van der Waals surface area (Å²) in [6, 6.07) is 20.1. The fourth-order valence-corrected chi connectivity index (χ4v) is 4.23. The molecule has 2 atom stereocenters. The molecule has 11 heteroatoms. The van der Waals surface area contributed by atoms with Crippen molar-refractivity contribution in [2.45, 2.75) is 11.5 Å². The van der Waals surface area contributed by atoms with E-state index in [-0.39, 0.29) is 5.71 Å². The maximum Gasteiger partial charge on any atom is 0.330 e. The third-order valence-electron chi connectivity index (χ3n) is 6.07. The number of nitrogens with two attached hydrogens (primary N) is 1. The predicted molar refractivity (Wildman–Crippen MR) is 135 cm³/mol. The predicted octanol–water partition coefficient (Wildman–Crippen LogP) is 1.14. The Balaban J connectivity index is 1.96. The number of fused-ring (bicyclic) bond motifs is 1. The van der Waals surface area contributed by atoms with Crippen molar-refractivity contribution >= 4 is 29.1 Å². The molecule has 0 spiro atoms. The third kappa shape index (κ3) is 4.73. The molecule has 0 fully saturated rings. The van der Waals surface area contributed by atoms with Gasteiger partial charge in [0.05, 0.1) is 25.8 Å². The number of anilines is 1. The second kappa shape index (κ2) is 10.5. The topological polar surface area (TPSA) is 164 Å². The maximum absolute atomic E-state index is 13.4. The first kappa shape index (κ1) is 25.4. The normalized spacial score (nSPS) is 17.3. The minimum Gasteiger partial charge on any atom is -0.497 e. The van der Waals surface area contributed by atoms with Crippen molar-refractivity contribution < 1.29 is 29.0 Å². The molecule has 0 unspecified atom stereocenters. The van der Waals surface area contributed by atoms with Crippen LogP contribution in [0, 0.1) is 0 Å². The summed E-state index contributed by atoms with van der Waals surface area (Å²) in [7, 11) is 3.03. The Morgan fingerprint density at radius 2 is 1.54 bits per heavy atom. The van der Waals surface area contributed by atoms with Gasteiger partial charge in [0.2, 0.25) is 0 Å². The first-order valence-electron chi connectivity index (χ1n) is 11.1. The molecule has 11 nitrogen and oxygen atoms in total. The summed E-state index contributed by atoms with van der Waals surface area (Å²) < 4.78 is 10.5. The highest BCUT2D eigenvalue weighted by molar-refractivity contribution is 6.35. The van der Waals surface area contributed by atoms with Gasteiger partial charge in [-0.3, -0.25) is 19.8 Å². The van der Waals surface area contributed by atoms with Crippen LogP contribution < -0.4 is 31.5 Å². The minimum absolute atomic E-state index is 0.0975. The Morgan fingerprint density at radius 3 is 2.14 bits per heavy atom. The number of nitrogens with one attached hydrogen (secondary N) is 3. The van der Waals surface area contributed by atoms with Crippen LogP contribution in [0.2, 0.25) is 0 Å². The number of nitrogens with zero attached hydrogens (tertiary/aromatic N) is 1. The van der Waals surface area contributed by atoms with Crippen molar-refractivity contribution in [3.8, 4) is 11.5 Å². The number of carbonyl (C=O) groups is 3. The number of hydrogen-bond donors (Lipinski definition) is 5. The number of carbonyl (C=O) groups excluding carboxylic acids is 3. The van der Waals surface area contributed by atoms with Gasteiger partial charge in [0.1, 0.15) is 11.5 Å². The second-order valence-corrected chi connectivity index (χ2v) is 8.11. The average molecular weight is 504 g/mol. The van der Waals surface area contributed by atoms with E-state index in [4.69, 9.17) is 15.3 Å². The second-order valence-electron chi connectivity index (χ2n) is 8.11. The third-order valence-corrected chi connectivity index (χ3v) is 6.07. The molecule has 1 aliphatic heterocycles. The molecule has 0 aromatic heterocycles. The number of rotatable bonds is 7. The molecule has 3 amide bonds. The summed E-state index contributed by atoms with van der Waals surface area (Å²) in [5.41, 5.74) is 3.57.